The predicted molar refractivity (Wildman–Crippen MR) is 115 cm³/mol. The van der Waals surface area contributed by atoms with Gasteiger partial charge in [0.1, 0.15) is 0 Å². The average Bonchev–Trinajstić information content (AvgIpc) is 3.06. The van der Waals surface area contributed by atoms with Crippen molar-refractivity contribution in [3.05, 3.63) is 23.8 Å². The molecule has 4 rings (SSSR count). The highest BCUT2D eigenvalue weighted by molar-refractivity contribution is 6.01. The van der Waals surface area contributed by atoms with Gasteiger partial charge in [-0.25, -0.2) is 14.2 Å². The molecule has 1 N–H and O–H groups in total. The maximum absolute atomic E-state index is 17.1. The van der Waals surface area contributed by atoms with Crippen LogP contribution in [-0.2, 0) is 28.9 Å². The van der Waals surface area contributed by atoms with Gasteiger partial charge in [-0.15, -0.1) is 0 Å². The van der Waals surface area contributed by atoms with Gasteiger partial charge in [0.05, 0.1) is 13.2 Å². The summed E-state index contributed by atoms with van der Waals surface area (Å²) in [5, 5.41) is 11.4. The second kappa shape index (κ2) is 8.10. The number of ether oxygens (including phenoxy) is 1. The first kappa shape index (κ1) is 24.2. The van der Waals surface area contributed by atoms with Crippen molar-refractivity contribution in [2.75, 3.05) is 13.7 Å². The van der Waals surface area contributed by atoms with E-state index >= 15 is 4.39 Å². The molecule has 0 radical (unpaired) electrons. The normalized spacial score (nSPS) is 43.9. The third-order valence-corrected chi connectivity index (χ3v) is 9.09. The topological polar surface area (TPSA) is 99.1 Å². The number of esters is 1. The summed E-state index contributed by atoms with van der Waals surface area (Å²) in [6.07, 6.45) is 4.99. The fourth-order valence-corrected chi connectivity index (χ4v) is 7.35. The number of Topliss-reactive ketones (excluding diaryl/α,β-unsaturated/α-hetero) is 1. The molecule has 1 unspecified atom stereocenters. The third kappa shape index (κ3) is 3.13. The number of allylic oxidation sites excluding steroid dienone is 4. The van der Waals surface area contributed by atoms with Crippen LogP contribution in [-0.4, -0.2) is 53.7 Å². The van der Waals surface area contributed by atoms with Crippen molar-refractivity contribution in [2.45, 2.75) is 76.7 Å². The molecule has 33 heavy (non-hydrogen) atoms. The van der Waals surface area contributed by atoms with Gasteiger partial charge in [-0.3, -0.25) is 14.4 Å². The molecule has 0 aromatic carbocycles. The van der Waals surface area contributed by atoms with E-state index in [9.17, 15) is 19.5 Å². The number of rotatable bonds is 6. The molecule has 4 aliphatic carbocycles. The smallest absolute Gasteiger partial charge is 0.305 e. The van der Waals surface area contributed by atoms with Gasteiger partial charge in [-0.1, -0.05) is 25.5 Å². The number of halogens is 1. The molecular formula is C25H33FO7. The predicted octanol–water partition coefficient (Wildman–Crippen LogP) is 3.20. The number of carbonyl (C=O) groups is 3. The second-order valence-corrected chi connectivity index (χ2v) is 10.3. The maximum Gasteiger partial charge on any atom is 0.305 e. The molecule has 0 amide bonds. The van der Waals surface area contributed by atoms with Crippen LogP contribution in [0.15, 0.2) is 23.8 Å². The van der Waals surface area contributed by atoms with E-state index in [0.717, 1.165) is 0 Å². The lowest BCUT2D eigenvalue weighted by atomic mass is 9.44. The molecule has 8 heteroatoms. The van der Waals surface area contributed by atoms with Gasteiger partial charge in [0.2, 0.25) is 5.78 Å². The summed E-state index contributed by atoms with van der Waals surface area (Å²) >= 11 is 0. The first-order valence-corrected chi connectivity index (χ1v) is 11.7. The molecule has 0 spiro atoms. The van der Waals surface area contributed by atoms with Crippen molar-refractivity contribution in [2.24, 2.45) is 22.7 Å². The largest absolute Gasteiger partial charge is 0.458 e. The zero-order valence-electron chi connectivity index (χ0n) is 19.7. The third-order valence-electron chi connectivity index (χ3n) is 9.09. The molecule has 0 saturated heterocycles. The minimum atomic E-state index is -1.99. The summed E-state index contributed by atoms with van der Waals surface area (Å²) in [5.41, 5.74) is -4.77. The first-order valence-electron chi connectivity index (χ1n) is 11.7. The highest BCUT2D eigenvalue weighted by atomic mass is 19.1. The van der Waals surface area contributed by atoms with Gasteiger partial charge < -0.3 is 9.84 Å². The Kier molecular flexibility index (Phi) is 5.95. The highest BCUT2D eigenvalue weighted by Gasteiger charge is 2.75. The van der Waals surface area contributed by atoms with E-state index in [2.05, 4.69) is 0 Å². The Labute approximate surface area is 193 Å². The molecule has 0 aromatic heterocycles. The van der Waals surface area contributed by atoms with E-state index in [-0.39, 0.29) is 31.0 Å². The van der Waals surface area contributed by atoms with Crippen LogP contribution in [0.2, 0.25) is 0 Å². The summed E-state index contributed by atoms with van der Waals surface area (Å²) < 4.78 is 22.2. The van der Waals surface area contributed by atoms with E-state index in [4.69, 9.17) is 14.5 Å². The van der Waals surface area contributed by atoms with Gasteiger partial charge in [-0.2, -0.15) is 0 Å². The quantitative estimate of drug-likeness (QED) is 0.366. The lowest BCUT2D eigenvalue weighted by Gasteiger charge is -2.62. The summed E-state index contributed by atoms with van der Waals surface area (Å²) in [5.74, 6) is -1.92. The Bertz CT molecular complexity index is 928. The summed E-state index contributed by atoms with van der Waals surface area (Å²) in [6, 6.07) is 0. The summed E-state index contributed by atoms with van der Waals surface area (Å²) in [6.45, 7) is 4.78. The monoisotopic (exact) mass is 464 g/mol. The van der Waals surface area contributed by atoms with Crippen molar-refractivity contribution < 1.29 is 38.4 Å². The fourth-order valence-electron chi connectivity index (χ4n) is 7.35. The molecule has 4 aliphatic rings. The van der Waals surface area contributed by atoms with Crippen molar-refractivity contribution in [1.82, 2.24) is 0 Å². The van der Waals surface area contributed by atoms with Crippen LogP contribution in [0.1, 0.15) is 59.3 Å². The number of carbonyl (C=O) groups excluding carboxylic acids is 3. The van der Waals surface area contributed by atoms with E-state index in [0.29, 0.717) is 24.8 Å². The lowest BCUT2D eigenvalue weighted by molar-refractivity contribution is -0.363. The van der Waals surface area contributed by atoms with Gasteiger partial charge in [0, 0.05) is 23.2 Å². The molecule has 0 aromatic rings. The molecule has 7 atom stereocenters. The van der Waals surface area contributed by atoms with E-state index < -0.39 is 52.5 Å². The second-order valence-electron chi connectivity index (χ2n) is 10.3. The SMILES string of the molecule is CCC(=O)OCC(=O)[C@@]1(OOC)CC[C@H]2[C@@H]3CCC4=CC(=O)C=C[C@]4(C)[C@@]3(F)C(O)C[C@@]21C. The summed E-state index contributed by atoms with van der Waals surface area (Å²) in [7, 11) is 1.31. The standard InChI is InChI=1S/C25H33FO7/c1-5-21(30)32-14-20(29)24(33-31-4)11-9-17-18-7-6-15-12-16(27)8-10-22(15,2)25(18,26)19(28)13-23(17,24)3/h8,10,12,17-19,28H,5-7,9,11,13-14H2,1-4H3/t17-,18-,19?,22-,23-,24-,25-/m0/s1. The number of ketones is 2. The van der Waals surface area contributed by atoms with Crippen LogP contribution in [0, 0.1) is 22.7 Å². The van der Waals surface area contributed by atoms with Gasteiger partial charge >= 0.3 is 5.97 Å². The van der Waals surface area contributed by atoms with Crippen molar-refractivity contribution in [3.63, 3.8) is 0 Å². The van der Waals surface area contributed by atoms with Crippen LogP contribution in [0.3, 0.4) is 0 Å². The molecule has 0 bridgehead atoms. The van der Waals surface area contributed by atoms with Gasteiger partial charge in [0.15, 0.2) is 23.7 Å². The number of alkyl halides is 1. The first-order chi connectivity index (χ1) is 15.5. The number of aliphatic hydroxyl groups excluding tert-OH is 1. The molecule has 3 fully saturated rings. The van der Waals surface area contributed by atoms with Crippen LogP contribution in [0.4, 0.5) is 4.39 Å². The number of aliphatic hydroxyl groups is 1. The molecular weight excluding hydrogens is 431 g/mol. The van der Waals surface area contributed by atoms with Gasteiger partial charge in [-0.05, 0) is 57.1 Å². The zero-order valence-corrected chi connectivity index (χ0v) is 19.7. The summed E-state index contributed by atoms with van der Waals surface area (Å²) in [4.78, 5) is 47.7. The van der Waals surface area contributed by atoms with Crippen molar-refractivity contribution in [1.29, 1.82) is 0 Å². The Balaban J connectivity index is 1.73. The van der Waals surface area contributed by atoms with Gasteiger partial charge in [0.25, 0.3) is 0 Å². The van der Waals surface area contributed by atoms with E-state index in [1.807, 2.05) is 6.92 Å². The average molecular weight is 465 g/mol. The Morgan fingerprint density at radius 1 is 1.24 bits per heavy atom. The number of hydrogen-bond donors (Lipinski definition) is 1. The number of fused-ring (bicyclic) bond motifs is 5. The Hall–Kier alpha value is -1.90. The fraction of sp³-hybridized carbons (Fsp3) is 0.720. The maximum atomic E-state index is 17.1. The molecule has 7 nitrogen and oxygen atoms in total. The van der Waals surface area contributed by atoms with Crippen LogP contribution in [0.25, 0.3) is 0 Å². The van der Waals surface area contributed by atoms with Crippen LogP contribution in [0.5, 0.6) is 0 Å². The molecule has 0 aliphatic heterocycles. The van der Waals surface area contributed by atoms with Crippen molar-refractivity contribution in [3.8, 4) is 0 Å². The Morgan fingerprint density at radius 3 is 2.64 bits per heavy atom. The highest BCUT2D eigenvalue weighted by Crippen LogP contribution is 2.70. The molecule has 182 valence electrons. The molecule has 0 heterocycles. The lowest BCUT2D eigenvalue weighted by Crippen LogP contribution is -2.69. The van der Waals surface area contributed by atoms with Crippen LogP contribution < -0.4 is 0 Å². The Morgan fingerprint density at radius 2 is 1.97 bits per heavy atom. The van der Waals surface area contributed by atoms with E-state index in [1.165, 1.54) is 19.3 Å². The number of hydrogen-bond acceptors (Lipinski definition) is 7. The van der Waals surface area contributed by atoms with E-state index in [1.54, 1.807) is 19.9 Å². The molecule has 3 saturated carbocycles. The van der Waals surface area contributed by atoms with Crippen LogP contribution >= 0.6 is 0 Å². The zero-order chi connectivity index (χ0) is 24.2. The minimum absolute atomic E-state index is 0.0217. The minimum Gasteiger partial charge on any atom is -0.458 e. The van der Waals surface area contributed by atoms with Crippen molar-refractivity contribution >= 4 is 17.5 Å².